The zero-order valence-corrected chi connectivity index (χ0v) is 19.6. The van der Waals surface area contributed by atoms with Crippen molar-refractivity contribution in [2.75, 3.05) is 5.75 Å². The molecule has 0 unspecified atom stereocenters. The predicted molar refractivity (Wildman–Crippen MR) is 136 cm³/mol. The van der Waals surface area contributed by atoms with Crippen molar-refractivity contribution in [2.45, 2.75) is 22.7 Å². The van der Waals surface area contributed by atoms with Crippen LogP contribution < -0.4 is 5.56 Å². The van der Waals surface area contributed by atoms with E-state index in [1.54, 1.807) is 16.3 Å². The highest BCUT2D eigenvalue weighted by Gasteiger charge is 2.16. The van der Waals surface area contributed by atoms with Gasteiger partial charge in [-0.05, 0) is 31.2 Å². The first kappa shape index (κ1) is 21.6. The molecule has 5 rings (SSSR count). The molecule has 0 saturated heterocycles. The van der Waals surface area contributed by atoms with E-state index in [-0.39, 0.29) is 17.2 Å². The van der Waals surface area contributed by atoms with E-state index in [4.69, 9.17) is 0 Å². The maximum atomic E-state index is 13.2. The first-order valence-corrected chi connectivity index (χ1v) is 12.5. The average Bonchev–Trinajstić information content (AvgIpc) is 3.16. The summed E-state index contributed by atoms with van der Waals surface area (Å²) in [5, 5.41) is 2.55. The van der Waals surface area contributed by atoms with Gasteiger partial charge in [-0.1, -0.05) is 65.9 Å². The number of fused-ring (bicyclic) bond motifs is 3. The van der Waals surface area contributed by atoms with Crippen LogP contribution in [-0.4, -0.2) is 26.2 Å². The summed E-state index contributed by atoms with van der Waals surface area (Å²) in [7, 11) is 0. The number of para-hydroxylation sites is 2. The summed E-state index contributed by atoms with van der Waals surface area (Å²) in [4.78, 5) is 33.9. The summed E-state index contributed by atoms with van der Waals surface area (Å²) in [5.74, 6) is 0.695. The van der Waals surface area contributed by atoms with Crippen LogP contribution in [0.15, 0.2) is 93.7 Å². The van der Waals surface area contributed by atoms with Crippen molar-refractivity contribution in [3.05, 3.63) is 100 Å². The van der Waals surface area contributed by atoms with Gasteiger partial charge in [0, 0.05) is 27.5 Å². The molecule has 0 aliphatic carbocycles. The molecule has 1 N–H and O–H groups in total. The smallest absolute Gasteiger partial charge is 0.251 e. The topological polar surface area (TPSA) is 67.8 Å². The molecule has 164 valence electrons. The fourth-order valence-corrected chi connectivity index (χ4v) is 5.34. The number of rotatable bonds is 6. The van der Waals surface area contributed by atoms with Crippen molar-refractivity contribution in [1.82, 2.24) is 14.5 Å². The Morgan fingerprint density at radius 2 is 1.55 bits per heavy atom. The highest BCUT2D eigenvalue weighted by atomic mass is 32.2. The van der Waals surface area contributed by atoms with Gasteiger partial charge in [-0.15, -0.1) is 11.8 Å². The number of hydrogen-bond donors (Lipinski definition) is 1. The zero-order chi connectivity index (χ0) is 22.8. The van der Waals surface area contributed by atoms with Crippen LogP contribution in [0.25, 0.3) is 21.8 Å². The van der Waals surface area contributed by atoms with Crippen molar-refractivity contribution in [3.8, 4) is 0 Å². The summed E-state index contributed by atoms with van der Waals surface area (Å²) in [5.41, 5.74) is 3.45. The summed E-state index contributed by atoms with van der Waals surface area (Å²) >= 11 is 2.88. The molecule has 0 spiro atoms. The third-order valence-corrected chi connectivity index (χ3v) is 7.25. The number of aromatic amines is 1. The fourth-order valence-electron chi connectivity index (χ4n) is 3.80. The summed E-state index contributed by atoms with van der Waals surface area (Å²) in [6.45, 7) is 2.05. The Kier molecular flexibility index (Phi) is 6.07. The lowest BCUT2D eigenvalue weighted by Crippen LogP contribution is -2.15. The predicted octanol–water partition coefficient (Wildman–Crippen LogP) is 5.91. The molecule has 0 radical (unpaired) electrons. The Labute approximate surface area is 199 Å². The van der Waals surface area contributed by atoms with Crippen LogP contribution in [0.4, 0.5) is 0 Å². The van der Waals surface area contributed by atoms with Gasteiger partial charge in [-0.25, -0.2) is 4.98 Å². The third-order valence-electron chi connectivity index (χ3n) is 5.34. The van der Waals surface area contributed by atoms with Crippen LogP contribution >= 0.6 is 23.5 Å². The van der Waals surface area contributed by atoms with Gasteiger partial charge in [-0.2, -0.15) is 0 Å². The molecule has 33 heavy (non-hydrogen) atoms. The standard InChI is InChI=1S/C26H21N3O2S2/c1-17-10-12-19(13-11-17)32-15-18-14-24(30)28-26(27-18)33-16-25(31)29-22-8-4-2-6-20(22)21-7-3-5-9-23(21)29/h2-14H,15-16H2,1H3,(H,27,28,30). The maximum absolute atomic E-state index is 13.2. The highest BCUT2D eigenvalue weighted by molar-refractivity contribution is 7.99. The minimum absolute atomic E-state index is 0.0560. The lowest BCUT2D eigenvalue weighted by atomic mass is 10.2. The van der Waals surface area contributed by atoms with Crippen LogP contribution in [-0.2, 0) is 5.75 Å². The molecule has 0 amide bonds. The monoisotopic (exact) mass is 471 g/mol. The van der Waals surface area contributed by atoms with Crippen LogP contribution in [0.5, 0.6) is 0 Å². The Bertz CT molecular complexity index is 1470. The van der Waals surface area contributed by atoms with E-state index in [1.807, 2.05) is 48.5 Å². The van der Waals surface area contributed by atoms with E-state index < -0.39 is 0 Å². The van der Waals surface area contributed by atoms with Gasteiger partial charge in [0.25, 0.3) is 5.56 Å². The van der Waals surface area contributed by atoms with Crippen molar-refractivity contribution >= 4 is 51.2 Å². The van der Waals surface area contributed by atoms with E-state index in [1.165, 1.54) is 23.4 Å². The second kappa shape index (κ2) is 9.29. The summed E-state index contributed by atoms with van der Waals surface area (Å²) in [6.07, 6.45) is 0. The second-order valence-electron chi connectivity index (χ2n) is 7.70. The molecule has 0 saturated carbocycles. The van der Waals surface area contributed by atoms with E-state index >= 15 is 0 Å². The van der Waals surface area contributed by atoms with Gasteiger partial charge >= 0.3 is 0 Å². The van der Waals surface area contributed by atoms with Crippen LogP contribution in [0.2, 0.25) is 0 Å². The van der Waals surface area contributed by atoms with Crippen LogP contribution in [0.3, 0.4) is 0 Å². The van der Waals surface area contributed by atoms with E-state index in [0.29, 0.717) is 16.6 Å². The Morgan fingerprint density at radius 1 is 0.909 bits per heavy atom. The minimum Gasteiger partial charge on any atom is -0.301 e. The number of hydrogen-bond acceptors (Lipinski definition) is 5. The number of aromatic nitrogens is 3. The molecular formula is C26H21N3O2S2. The first-order valence-electron chi connectivity index (χ1n) is 10.5. The van der Waals surface area contributed by atoms with E-state index in [9.17, 15) is 9.59 Å². The number of carbonyl (C=O) groups excluding carboxylic acids is 1. The molecule has 2 heterocycles. The largest absolute Gasteiger partial charge is 0.301 e. The SMILES string of the molecule is Cc1ccc(SCc2cc(=O)[nH]c(SCC(=O)n3c4ccccc4c4ccccc43)n2)cc1. The van der Waals surface area contributed by atoms with Crippen molar-refractivity contribution in [3.63, 3.8) is 0 Å². The molecule has 0 fully saturated rings. The molecule has 0 atom stereocenters. The van der Waals surface area contributed by atoms with Gasteiger partial charge in [0.05, 0.1) is 22.5 Å². The molecule has 7 heteroatoms. The van der Waals surface area contributed by atoms with Crippen LogP contribution in [0.1, 0.15) is 16.1 Å². The third kappa shape index (κ3) is 4.60. The molecule has 0 aliphatic rings. The Morgan fingerprint density at radius 3 is 2.21 bits per heavy atom. The molecule has 2 aromatic heterocycles. The number of thioether (sulfide) groups is 2. The van der Waals surface area contributed by atoms with E-state index in [0.717, 1.165) is 26.7 Å². The van der Waals surface area contributed by atoms with Crippen molar-refractivity contribution in [1.29, 1.82) is 0 Å². The Hall–Kier alpha value is -3.29. The fraction of sp³-hybridized carbons (Fsp3) is 0.115. The number of nitrogens with zero attached hydrogens (tertiary/aromatic N) is 2. The van der Waals surface area contributed by atoms with Crippen LogP contribution in [0, 0.1) is 6.92 Å². The van der Waals surface area contributed by atoms with Gasteiger partial charge < -0.3 is 4.98 Å². The van der Waals surface area contributed by atoms with Crippen molar-refractivity contribution < 1.29 is 4.79 Å². The van der Waals surface area contributed by atoms with Gasteiger partial charge in [-0.3, -0.25) is 14.2 Å². The van der Waals surface area contributed by atoms with Gasteiger partial charge in [0.15, 0.2) is 5.16 Å². The number of H-pyrrole nitrogens is 1. The normalized spacial score (nSPS) is 11.3. The number of aryl methyl sites for hydroxylation is 1. The highest BCUT2D eigenvalue weighted by Crippen LogP contribution is 2.29. The van der Waals surface area contributed by atoms with Gasteiger partial charge in [0.1, 0.15) is 0 Å². The molecule has 5 nitrogen and oxygen atoms in total. The van der Waals surface area contributed by atoms with Crippen molar-refractivity contribution in [2.24, 2.45) is 0 Å². The number of carbonyl (C=O) groups is 1. The second-order valence-corrected chi connectivity index (χ2v) is 9.71. The maximum Gasteiger partial charge on any atom is 0.251 e. The lowest BCUT2D eigenvalue weighted by molar-refractivity contribution is 0.0951. The molecule has 3 aromatic carbocycles. The zero-order valence-electron chi connectivity index (χ0n) is 17.9. The molecule has 0 aliphatic heterocycles. The summed E-state index contributed by atoms with van der Waals surface area (Å²) in [6, 6.07) is 25.6. The molecule has 5 aromatic rings. The quantitative estimate of drug-likeness (QED) is 0.246. The van der Waals surface area contributed by atoms with Gasteiger partial charge in [0.2, 0.25) is 5.91 Å². The molecular weight excluding hydrogens is 450 g/mol. The first-order chi connectivity index (χ1) is 16.1. The number of nitrogens with one attached hydrogen (secondary N) is 1. The lowest BCUT2D eigenvalue weighted by Gasteiger charge is -2.07. The Balaban J connectivity index is 1.35. The molecule has 0 bridgehead atoms. The summed E-state index contributed by atoms with van der Waals surface area (Å²) < 4.78 is 1.76. The minimum atomic E-state index is -0.212. The van der Waals surface area contributed by atoms with E-state index in [2.05, 4.69) is 41.2 Å². The average molecular weight is 472 g/mol. The number of benzene rings is 3.